The lowest BCUT2D eigenvalue weighted by Crippen LogP contribution is -2.35. The summed E-state index contributed by atoms with van der Waals surface area (Å²) in [5.74, 6) is 0.216. The van der Waals surface area contributed by atoms with E-state index in [4.69, 9.17) is 4.74 Å². The van der Waals surface area contributed by atoms with Crippen LogP contribution in [-0.4, -0.2) is 42.2 Å². The van der Waals surface area contributed by atoms with E-state index in [1.807, 2.05) is 0 Å². The monoisotopic (exact) mass is 381 g/mol. The lowest BCUT2D eigenvalue weighted by atomic mass is 10.2. The number of hydrogen-bond donors (Lipinski definition) is 4. The smallest absolute Gasteiger partial charge is 0.252 e. The molecule has 1 aliphatic heterocycles. The Kier molecular flexibility index (Phi) is 5.85. The van der Waals surface area contributed by atoms with Crippen LogP contribution in [0.15, 0.2) is 58.6 Å². The van der Waals surface area contributed by atoms with Gasteiger partial charge in [0.25, 0.3) is 5.91 Å². The lowest BCUT2D eigenvalue weighted by molar-refractivity contribution is -0.123. The molecule has 0 bridgehead atoms. The first kappa shape index (κ1) is 18.9. The second-order valence-corrected chi connectivity index (χ2v) is 5.93. The van der Waals surface area contributed by atoms with Crippen molar-refractivity contribution >= 4 is 29.7 Å². The largest absolute Gasteiger partial charge is 0.508 e. The van der Waals surface area contributed by atoms with Gasteiger partial charge in [0.15, 0.2) is 0 Å². The van der Waals surface area contributed by atoms with Gasteiger partial charge in [-0.15, -0.1) is 0 Å². The van der Waals surface area contributed by atoms with Gasteiger partial charge in [-0.2, -0.15) is 5.10 Å². The highest BCUT2D eigenvalue weighted by Crippen LogP contribution is 2.17. The first-order valence-electron chi connectivity index (χ1n) is 8.44. The van der Waals surface area contributed by atoms with E-state index < -0.39 is 6.04 Å². The van der Waals surface area contributed by atoms with Crippen LogP contribution < -0.4 is 20.8 Å². The number of methoxy groups -OCH3 is 1. The van der Waals surface area contributed by atoms with Crippen molar-refractivity contribution < 1.29 is 19.4 Å². The van der Waals surface area contributed by atoms with Crippen LogP contribution in [0.4, 0.5) is 5.69 Å². The Morgan fingerprint density at radius 2 is 2.11 bits per heavy atom. The number of carbonyl (C=O) groups is 2. The van der Waals surface area contributed by atoms with E-state index in [0.29, 0.717) is 11.4 Å². The lowest BCUT2D eigenvalue weighted by Gasteiger charge is -2.08. The summed E-state index contributed by atoms with van der Waals surface area (Å²) in [4.78, 5) is 28.3. The fourth-order valence-corrected chi connectivity index (χ4v) is 2.46. The van der Waals surface area contributed by atoms with Crippen LogP contribution in [0.1, 0.15) is 12.0 Å². The SMILES string of the molecule is COc1cccc(NC(=O)CC2N=C(NN=Cc3ccc(O)cc3)NC2=O)c1. The van der Waals surface area contributed by atoms with Gasteiger partial charge in [-0.25, -0.2) is 10.4 Å². The van der Waals surface area contributed by atoms with E-state index in [1.165, 1.54) is 25.5 Å². The van der Waals surface area contributed by atoms with Gasteiger partial charge in [0.2, 0.25) is 11.9 Å². The molecule has 9 nitrogen and oxygen atoms in total. The zero-order valence-corrected chi connectivity index (χ0v) is 15.0. The zero-order valence-electron chi connectivity index (χ0n) is 15.0. The number of guanidine groups is 1. The van der Waals surface area contributed by atoms with Gasteiger partial charge >= 0.3 is 0 Å². The summed E-state index contributed by atoms with van der Waals surface area (Å²) in [6.45, 7) is 0. The quantitative estimate of drug-likeness (QED) is 0.442. The number of aliphatic imine (C=N–C) groups is 1. The van der Waals surface area contributed by atoms with Gasteiger partial charge in [0.05, 0.1) is 19.7 Å². The highest BCUT2D eigenvalue weighted by Gasteiger charge is 2.28. The van der Waals surface area contributed by atoms with Crippen molar-refractivity contribution in [3.63, 3.8) is 0 Å². The van der Waals surface area contributed by atoms with Crippen LogP contribution in [-0.2, 0) is 9.59 Å². The molecular formula is C19H19N5O4. The average molecular weight is 381 g/mol. The molecule has 0 fully saturated rings. The van der Waals surface area contributed by atoms with Crippen LogP contribution >= 0.6 is 0 Å². The molecule has 9 heteroatoms. The summed E-state index contributed by atoms with van der Waals surface area (Å²) in [7, 11) is 1.54. The van der Waals surface area contributed by atoms with E-state index in [-0.39, 0.29) is 29.9 Å². The third kappa shape index (κ3) is 5.07. The molecule has 3 rings (SSSR count). The van der Waals surface area contributed by atoms with E-state index in [9.17, 15) is 14.7 Å². The maximum absolute atomic E-state index is 12.2. The molecule has 2 aromatic rings. The van der Waals surface area contributed by atoms with Gasteiger partial charge in [0, 0.05) is 11.8 Å². The fourth-order valence-electron chi connectivity index (χ4n) is 2.46. The first-order chi connectivity index (χ1) is 13.5. The van der Waals surface area contributed by atoms with Crippen molar-refractivity contribution in [3.05, 3.63) is 54.1 Å². The number of carbonyl (C=O) groups excluding carboxylic acids is 2. The Labute approximate surface area is 161 Å². The number of benzene rings is 2. The Morgan fingerprint density at radius 3 is 2.86 bits per heavy atom. The summed E-state index contributed by atoms with van der Waals surface area (Å²) in [6, 6.07) is 12.5. The van der Waals surface area contributed by atoms with Crippen LogP contribution in [0.2, 0.25) is 0 Å². The molecular weight excluding hydrogens is 362 g/mol. The van der Waals surface area contributed by atoms with Crippen molar-refractivity contribution in [2.75, 3.05) is 12.4 Å². The molecule has 28 heavy (non-hydrogen) atoms. The molecule has 0 saturated carbocycles. The van der Waals surface area contributed by atoms with Gasteiger partial charge in [-0.05, 0) is 42.0 Å². The highest BCUT2D eigenvalue weighted by atomic mass is 16.5. The molecule has 4 N–H and O–H groups in total. The van der Waals surface area contributed by atoms with Gasteiger partial charge < -0.3 is 15.2 Å². The van der Waals surface area contributed by atoms with Crippen molar-refractivity contribution in [1.29, 1.82) is 0 Å². The molecule has 2 amide bonds. The van der Waals surface area contributed by atoms with E-state index in [1.54, 1.807) is 36.4 Å². The summed E-state index contributed by atoms with van der Waals surface area (Å²) in [5, 5.41) is 18.5. The number of amides is 2. The number of hydrazone groups is 1. The molecule has 0 aromatic heterocycles. The molecule has 144 valence electrons. The molecule has 1 heterocycles. The Morgan fingerprint density at radius 1 is 1.32 bits per heavy atom. The highest BCUT2D eigenvalue weighted by molar-refractivity contribution is 6.07. The number of hydrogen-bond acceptors (Lipinski definition) is 7. The molecule has 0 spiro atoms. The number of aromatic hydroxyl groups is 1. The van der Waals surface area contributed by atoms with Crippen molar-refractivity contribution in [1.82, 2.24) is 10.7 Å². The number of ether oxygens (including phenoxy) is 1. The number of nitrogens with one attached hydrogen (secondary N) is 3. The predicted octanol–water partition coefficient (Wildman–Crippen LogP) is 1.21. The number of phenolic OH excluding ortho intramolecular Hbond substituents is 1. The maximum atomic E-state index is 12.2. The Balaban J connectivity index is 1.54. The minimum atomic E-state index is -0.836. The number of rotatable bonds is 6. The number of nitrogens with zero attached hydrogens (tertiary/aromatic N) is 2. The zero-order chi connectivity index (χ0) is 19.9. The van der Waals surface area contributed by atoms with Crippen LogP contribution in [0.25, 0.3) is 0 Å². The first-order valence-corrected chi connectivity index (χ1v) is 8.44. The molecule has 2 aromatic carbocycles. The topological polar surface area (TPSA) is 124 Å². The second-order valence-electron chi connectivity index (χ2n) is 5.93. The van der Waals surface area contributed by atoms with Crippen LogP contribution in [0.3, 0.4) is 0 Å². The Hall–Kier alpha value is -3.88. The predicted molar refractivity (Wildman–Crippen MR) is 104 cm³/mol. The number of anilines is 1. The average Bonchev–Trinajstić information content (AvgIpc) is 3.02. The fraction of sp³-hybridized carbons (Fsp3) is 0.158. The molecule has 1 atom stereocenters. The van der Waals surface area contributed by atoms with Gasteiger partial charge in [0.1, 0.15) is 17.5 Å². The van der Waals surface area contributed by atoms with Crippen molar-refractivity contribution in [2.45, 2.75) is 12.5 Å². The van der Waals surface area contributed by atoms with E-state index in [2.05, 4.69) is 26.2 Å². The summed E-state index contributed by atoms with van der Waals surface area (Å²) in [6.07, 6.45) is 1.41. The number of phenols is 1. The standard InChI is InChI=1S/C19H19N5O4/c1-28-15-4-2-3-13(9-15)21-17(26)10-16-18(27)23-19(22-16)24-20-11-12-5-7-14(25)8-6-12/h2-9,11,16,25H,10H2,1H3,(H,21,26)(H2,22,23,24,27). The van der Waals surface area contributed by atoms with E-state index >= 15 is 0 Å². The maximum Gasteiger partial charge on any atom is 0.252 e. The molecule has 0 radical (unpaired) electrons. The molecule has 1 unspecified atom stereocenters. The van der Waals surface area contributed by atoms with Crippen molar-refractivity contribution in [3.8, 4) is 11.5 Å². The minimum Gasteiger partial charge on any atom is -0.508 e. The third-order valence-corrected chi connectivity index (χ3v) is 3.84. The Bertz CT molecular complexity index is 924. The minimum absolute atomic E-state index is 0.101. The molecule has 1 aliphatic rings. The normalized spacial score (nSPS) is 15.8. The van der Waals surface area contributed by atoms with Crippen LogP contribution in [0, 0.1) is 0 Å². The van der Waals surface area contributed by atoms with Gasteiger partial charge in [-0.3, -0.25) is 14.9 Å². The van der Waals surface area contributed by atoms with Crippen molar-refractivity contribution in [2.24, 2.45) is 10.1 Å². The van der Waals surface area contributed by atoms with Crippen LogP contribution in [0.5, 0.6) is 11.5 Å². The summed E-state index contributed by atoms with van der Waals surface area (Å²) < 4.78 is 5.10. The summed E-state index contributed by atoms with van der Waals surface area (Å²) >= 11 is 0. The second kappa shape index (κ2) is 8.67. The van der Waals surface area contributed by atoms with Gasteiger partial charge in [-0.1, -0.05) is 6.07 Å². The molecule has 0 aliphatic carbocycles. The molecule has 0 saturated heterocycles. The summed E-state index contributed by atoms with van der Waals surface area (Å²) in [5.41, 5.74) is 3.95. The van der Waals surface area contributed by atoms with E-state index in [0.717, 1.165) is 5.56 Å². The third-order valence-electron chi connectivity index (χ3n) is 3.84.